The van der Waals surface area contributed by atoms with Crippen LogP contribution >= 0.6 is 11.6 Å². The fraction of sp³-hybridized carbons (Fsp3) is 0.250. The van der Waals surface area contributed by atoms with E-state index in [4.69, 9.17) is 21.1 Å². The summed E-state index contributed by atoms with van der Waals surface area (Å²) < 4.78 is 10.7. The number of anilines is 1. The van der Waals surface area contributed by atoms with Gasteiger partial charge < -0.3 is 14.8 Å². The molecule has 0 bridgehead atoms. The van der Waals surface area contributed by atoms with Crippen molar-refractivity contribution < 1.29 is 9.47 Å². The first kappa shape index (κ1) is 14.5. The number of methoxy groups -OCH3 is 2. The molecule has 0 unspecified atom stereocenters. The van der Waals surface area contributed by atoms with Crippen LogP contribution in [0.1, 0.15) is 11.1 Å². The molecule has 2 aromatic rings. The maximum Gasteiger partial charge on any atom is 0.142 e. The lowest BCUT2D eigenvalue weighted by atomic mass is 10.1. The second kappa shape index (κ2) is 6.53. The standard InChI is InChI=1S/C16H18ClNO2/c1-11-4-6-14(16(8-11)20-3)18-10-12-9-13(17)5-7-15(12)19-2/h4-9,18H,10H2,1-3H3. The van der Waals surface area contributed by atoms with Crippen LogP contribution in [0.3, 0.4) is 0 Å². The van der Waals surface area contributed by atoms with Crippen LogP contribution in [0.25, 0.3) is 0 Å². The molecule has 0 spiro atoms. The van der Waals surface area contributed by atoms with Crippen molar-refractivity contribution in [3.8, 4) is 11.5 Å². The van der Waals surface area contributed by atoms with Crippen molar-refractivity contribution in [3.63, 3.8) is 0 Å². The summed E-state index contributed by atoms with van der Waals surface area (Å²) in [6, 6.07) is 11.6. The van der Waals surface area contributed by atoms with Gasteiger partial charge in [-0.25, -0.2) is 0 Å². The van der Waals surface area contributed by atoms with Crippen molar-refractivity contribution in [2.24, 2.45) is 0 Å². The predicted octanol–water partition coefficient (Wildman–Crippen LogP) is 4.28. The summed E-state index contributed by atoms with van der Waals surface area (Å²) >= 11 is 6.03. The van der Waals surface area contributed by atoms with Crippen molar-refractivity contribution in [2.45, 2.75) is 13.5 Å². The highest BCUT2D eigenvalue weighted by Crippen LogP contribution is 2.28. The van der Waals surface area contributed by atoms with Crippen molar-refractivity contribution in [1.82, 2.24) is 0 Å². The van der Waals surface area contributed by atoms with Gasteiger partial charge in [0, 0.05) is 17.1 Å². The highest BCUT2D eigenvalue weighted by Gasteiger charge is 2.06. The molecule has 4 heteroatoms. The van der Waals surface area contributed by atoms with E-state index in [-0.39, 0.29) is 0 Å². The SMILES string of the molecule is COc1ccc(Cl)cc1CNc1ccc(C)cc1OC. The number of hydrogen-bond donors (Lipinski definition) is 1. The Kier molecular flexibility index (Phi) is 4.74. The second-order valence-electron chi connectivity index (χ2n) is 4.51. The van der Waals surface area contributed by atoms with E-state index in [1.807, 2.05) is 43.3 Å². The smallest absolute Gasteiger partial charge is 0.142 e. The Morgan fingerprint density at radius 3 is 2.45 bits per heavy atom. The normalized spacial score (nSPS) is 10.2. The summed E-state index contributed by atoms with van der Waals surface area (Å²) in [4.78, 5) is 0. The van der Waals surface area contributed by atoms with Gasteiger partial charge >= 0.3 is 0 Å². The number of benzene rings is 2. The maximum atomic E-state index is 6.03. The van der Waals surface area contributed by atoms with E-state index < -0.39 is 0 Å². The van der Waals surface area contributed by atoms with E-state index in [0.717, 1.165) is 28.3 Å². The summed E-state index contributed by atoms with van der Waals surface area (Å²) in [5, 5.41) is 4.04. The van der Waals surface area contributed by atoms with Crippen LogP contribution in [0.5, 0.6) is 11.5 Å². The van der Waals surface area contributed by atoms with Gasteiger partial charge in [-0.15, -0.1) is 0 Å². The van der Waals surface area contributed by atoms with Crippen LogP contribution in [-0.2, 0) is 6.54 Å². The maximum absolute atomic E-state index is 6.03. The molecule has 0 radical (unpaired) electrons. The Labute approximate surface area is 124 Å². The van der Waals surface area contributed by atoms with E-state index in [0.29, 0.717) is 11.6 Å². The zero-order valence-electron chi connectivity index (χ0n) is 11.9. The first-order valence-corrected chi connectivity index (χ1v) is 6.72. The molecular weight excluding hydrogens is 274 g/mol. The van der Waals surface area contributed by atoms with Crippen molar-refractivity contribution in [2.75, 3.05) is 19.5 Å². The van der Waals surface area contributed by atoms with Crippen molar-refractivity contribution in [3.05, 3.63) is 52.5 Å². The Morgan fingerprint density at radius 1 is 1.00 bits per heavy atom. The van der Waals surface area contributed by atoms with Gasteiger partial charge in [0.05, 0.1) is 19.9 Å². The molecule has 0 saturated carbocycles. The van der Waals surface area contributed by atoms with Crippen LogP contribution in [0.15, 0.2) is 36.4 Å². The van der Waals surface area contributed by atoms with Gasteiger partial charge in [0.15, 0.2) is 0 Å². The van der Waals surface area contributed by atoms with Crippen molar-refractivity contribution >= 4 is 17.3 Å². The van der Waals surface area contributed by atoms with Crippen LogP contribution in [-0.4, -0.2) is 14.2 Å². The summed E-state index contributed by atoms with van der Waals surface area (Å²) in [6.45, 7) is 2.65. The Balaban J connectivity index is 2.18. The van der Waals surface area contributed by atoms with Crippen LogP contribution in [0.4, 0.5) is 5.69 Å². The van der Waals surface area contributed by atoms with E-state index in [1.54, 1.807) is 14.2 Å². The largest absolute Gasteiger partial charge is 0.496 e. The third-order valence-corrected chi connectivity index (χ3v) is 3.30. The fourth-order valence-corrected chi connectivity index (χ4v) is 2.21. The zero-order valence-corrected chi connectivity index (χ0v) is 12.6. The van der Waals surface area contributed by atoms with Gasteiger partial charge in [0.1, 0.15) is 11.5 Å². The number of rotatable bonds is 5. The average molecular weight is 292 g/mol. The van der Waals surface area contributed by atoms with E-state index >= 15 is 0 Å². The minimum Gasteiger partial charge on any atom is -0.496 e. The summed E-state index contributed by atoms with van der Waals surface area (Å²) in [5.74, 6) is 1.64. The quantitative estimate of drug-likeness (QED) is 0.892. The summed E-state index contributed by atoms with van der Waals surface area (Å²) in [6.07, 6.45) is 0. The topological polar surface area (TPSA) is 30.5 Å². The van der Waals surface area contributed by atoms with Gasteiger partial charge in [-0.3, -0.25) is 0 Å². The number of halogens is 1. The highest BCUT2D eigenvalue weighted by molar-refractivity contribution is 6.30. The lowest BCUT2D eigenvalue weighted by Gasteiger charge is -2.14. The van der Waals surface area contributed by atoms with Gasteiger partial charge in [-0.05, 0) is 42.8 Å². The Bertz CT molecular complexity index is 599. The first-order valence-electron chi connectivity index (χ1n) is 6.35. The second-order valence-corrected chi connectivity index (χ2v) is 4.95. The van der Waals surface area contributed by atoms with Gasteiger partial charge in [0.25, 0.3) is 0 Å². The number of nitrogens with one attached hydrogen (secondary N) is 1. The molecule has 0 aliphatic rings. The van der Waals surface area contributed by atoms with Crippen LogP contribution < -0.4 is 14.8 Å². The molecule has 0 aliphatic heterocycles. The third kappa shape index (κ3) is 3.36. The molecule has 0 atom stereocenters. The molecule has 1 N–H and O–H groups in total. The fourth-order valence-electron chi connectivity index (χ4n) is 2.02. The minimum atomic E-state index is 0.614. The first-order chi connectivity index (χ1) is 9.63. The lowest BCUT2D eigenvalue weighted by Crippen LogP contribution is -2.03. The van der Waals surface area contributed by atoms with Crippen molar-refractivity contribution in [1.29, 1.82) is 0 Å². The molecule has 2 aromatic carbocycles. The van der Waals surface area contributed by atoms with Gasteiger partial charge in [0.2, 0.25) is 0 Å². The predicted molar refractivity (Wildman–Crippen MR) is 83.1 cm³/mol. The van der Waals surface area contributed by atoms with Gasteiger partial charge in [-0.1, -0.05) is 17.7 Å². The number of aryl methyl sites for hydroxylation is 1. The van der Waals surface area contributed by atoms with Crippen LogP contribution in [0.2, 0.25) is 5.02 Å². The molecular formula is C16H18ClNO2. The molecule has 106 valence electrons. The van der Waals surface area contributed by atoms with E-state index in [1.165, 1.54) is 0 Å². The number of ether oxygens (including phenoxy) is 2. The molecule has 2 rings (SSSR count). The molecule has 0 amide bonds. The lowest BCUT2D eigenvalue weighted by molar-refractivity contribution is 0.409. The zero-order chi connectivity index (χ0) is 14.5. The molecule has 0 heterocycles. The third-order valence-electron chi connectivity index (χ3n) is 3.07. The molecule has 3 nitrogen and oxygen atoms in total. The summed E-state index contributed by atoms with van der Waals surface area (Å²) in [7, 11) is 3.32. The minimum absolute atomic E-state index is 0.614. The van der Waals surface area contributed by atoms with Crippen LogP contribution in [0, 0.1) is 6.92 Å². The summed E-state index contributed by atoms with van der Waals surface area (Å²) in [5.41, 5.74) is 3.11. The molecule has 20 heavy (non-hydrogen) atoms. The monoisotopic (exact) mass is 291 g/mol. The van der Waals surface area contributed by atoms with E-state index in [9.17, 15) is 0 Å². The molecule has 0 aromatic heterocycles. The molecule has 0 aliphatic carbocycles. The molecule has 0 saturated heterocycles. The number of hydrogen-bond acceptors (Lipinski definition) is 3. The average Bonchev–Trinajstić information content (AvgIpc) is 2.46. The highest BCUT2D eigenvalue weighted by atomic mass is 35.5. The molecule has 0 fully saturated rings. The van der Waals surface area contributed by atoms with Gasteiger partial charge in [-0.2, -0.15) is 0 Å². The van der Waals surface area contributed by atoms with E-state index in [2.05, 4.69) is 5.32 Å². The Morgan fingerprint density at radius 2 is 1.75 bits per heavy atom. The Hall–Kier alpha value is -1.87.